The van der Waals surface area contributed by atoms with Gasteiger partial charge in [0.2, 0.25) is 0 Å². The van der Waals surface area contributed by atoms with Gasteiger partial charge >= 0.3 is 5.38 Å². The highest BCUT2D eigenvalue weighted by molar-refractivity contribution is 6.27. The van der Waals surface area contributed by atoms with Gasteiger partial charge in [0.25, 0.3) is 6.08 Å². The number of allylic oxidation sites excluding steroid dienone is 1. The van der Waals surface area contributed by atoms with Crippen molar-refractivity contribution in [3.63, 3.8) is 0 Å². The van der Waals surface area contributed by atoms with E-state index in [0.29, 0.717) is 0 Å². The van der Waals surface area contributed by atoms with Crippen LogP contribution in [0.1, 0.15) is 11.1 Å². The topological polar surface area (TPSA) is 0 Å². The Bertz CT molecular complexity index is 371. The molecule has 0 bridgehead atoms. The standard InChI is InChI=1S/C10H7ClF4/c1-6-2-4-7(5-3-6)8(9(12)13)10(11,14)15/h2-5H,1H3. The fraction of sp³-hybridized carbons (Fsp3) is 0.200. The molecule has 15 heavy (non-hydrogen) atoms. The van der Waals surface area contributed by atoms with E-state index < -0.39 is 17.0 Å². The first kappa shape index (κ1) is 12.0. The van der Waals surface area contributed by atoms with Crippen LogP contribution in [0.15, 0.2) is 30.3 Å². The smallest absolute Gasteiger partial charge is 0.183 e. The third-order valence-electron chi connectivity index (χ3n) is 1.81. The zero-order valence-electron chi connectivity index (χ0n) is 7.70. The molecule has 1 rings (SSSR count). The summed E-state index contributed by atoms with van der Waals surface area (Å²) < 4.78 is 49.9. The molecule has 0 radical (unpaired) electrons. The van der Waals surface area contributed by atoms with Crippen molar-refractivity contribution in [3.05, 3.63) is 41.5 Å². The Kier molecular flexibility index (Phi) is 3.39. The predicted octanol–water partition coefficient (Wildman–Crippen LogP) is 4.43. The summed E-state index contributed by atoms with van der Waals surface area (Å²) in [5.74, 6) is 0. The van der Waals surface area contributed by atoms with E-state index in [2.05, 4.69) is 11.6 Å². The largest absolute Gasteiger partial charge is 0.354 e. The number of hydrogen-bond acceptors (Lipinski definition) is 0. The average molecular weight is 239 g/mol. The average Bonchev–Trinajstić information content (AvgIpc) is 2.05. The lowest BCUT2D eigenvalue weighted by atomic mass is 10.1. The summed E-state index contributed by atoms with van der Waals surface area (Å²) in [5.41, 5.74) is -0.931. The van der Waals surface area contributed by atoms with Crippen molar-refractivity contribution >= 4 is 17.2 Å². The first-order valence-electron chi connectivity index (χ1n) is 4.02. The van der Waals surface area contributed by atoms with Crippen molar-refractivity contribution < 1.29 is 17.6 Å². The van der Waals surface area contributed by atoms with Crippen LogP contribution in [0.3, 0.4) is 0 Å². The van der Waals surface area contributed by atoms with Gasteiger partial charge in [0.15, 0.2) is 0 Å². The summed E-state index contributed by atoms with van der Waals surface area (Å²) in [4.78, 5) is 0. The minimum atomic E-state index is -4.06. The van der Waals surface area contributed by atoms with Crippen molar-refractivity contribution in [2.24, 2.45) is 0 Å². The fourth-order valence-corrected chi connectivity index (χ4v) is 1.28. The van der Waals surface area contributed by atoms with Crippen LogP contribution in [0.2, 0.25) is 0 Å². The summed E-state index contributed by atoms with van der Waals surface area (Å²) in [7, 11) is 0. The monoisotopic (exact) mass is 238 g/mol. The predicted molar refractivity (Wildman–Crippen MR) is 51.1 cm³/mol. The van der Waals surface area contributed by atoms with Crippen LogP contribution >= 0.6 is 11.6 Å². The molecule has 0 aliphatic heterocycles. The molecule has 0 atom stereocenters. The molecular formula is C10H7ClF4. The van der Waals surface area contributed by atoms with Gasteiger partial charge in [-0.05, 0) is 24.1 Å². The van der Waals surface area contributed by atoms with E-state index in [4.69, 9.17) is 0 Å². The highest BCUT2D eigenvalue weighted by Gasteiger charge is 2.36. The molecule has 0 N–H and O–H groups in total. The van der Waals surface area contributed by atoms with Gasteiger partial charge in [-0.2, -0.15) is 17.6 Å². The Morgan fingerprint density at radius 1 is 1.13 bits per heavy atom. The summed E-state index contributed by atoms with van der Waals surface area (Å²) in [5, 5.41) is -4.06. The fourth-order valence-electron chi connectivity index (χ4n) is 1.10. The number of hydrogen-bond donors (Lipinski definition) is 0. The second-order valence-corrected chi connectivity index (χ2v) is 3.47. The van der Waals surface area contributed by atoms with Gasteiger partial charge in [0.1, 0.15) is 5.57 Å². The third kappa shape index (κ3) is 2.96. The van der Waals surface area contributed by atoms with E-state index in [1.54, 1.807) is 6.92 Å². The molecule has 0 fully saturated rings. The number of aryl methyl sites for hydroxylation is 1. The third-order valence-corrected chi connectivity index (χ3v) is 2.00. The van der Waals surface area contributed by atoms with Crippen LogP contribution in [-0.2, 0) is 0 Å². The zero-order chi connectivity index (χ0) is 11.6. The first-order valence-corrected chi connectivity index (χ1v) is 4.39. The summed E-state index contributed by atoms with van der Waals surface area (Å²) in [6, 6.07) is 5.28. The van der Waals surface area contributed by atoms with E-state index >= 15 is 0 Å². The summed E-state index contributed by atoms with van der Waals surface area (Å²) >= 11 is 4.60. The van der Waals surface area contributed by atoms with Crippen molar-refractivity contribution in [1.82, 2.24) is 0 Å². The molecule has 0 aromatic heterocycles. The van der Waals surface area contributed by atoms with Crippen LogP contribution < -0.4 is 0 Å². The van der Waals surface area contributed by atoms with Crippen molar-refractivity contribution in [2.75, 3.05) is 0 Å². The molecule has 0 heterocycles. The van der Waals surface area contributed by atoms with Crippen molar-refractivity contribution in [1.29, 1.82) is 0 Å². The molecule has 0 aliphatic rings. The zero-order valence-corrected chi connectivity index (χ0v) is 8.46. The van der Waals surface area contributed by atoms with Crippen LogP contribution in [0.25, 0.3) is 5.57 Å². The maximum absolute atomic E-state index is 12.7. The molecule has 82 valence electrons. The van der Waals surface area contributed by atoms with Gasteiger partial charge in [0, 0.05) is 0 Å². The normalized spacial score (nSPS) is 11.3. The second kappa shape index (κ2) is 4.23. The molecule has 1 aromatic rings. The minimum Gasteiger partial charge on any atom is -0.183 e. The van der Waals surface area contributed by atoms with Crippen LogP contribution in [0.5, 0.6) is 0 Å². The highest BCUT2D eigenvalue weighted by atomic mass is 35.5. The molecule has 0 saturated carbocycles. The van der Waals surface area contributed by atoms with Gasteiger partial charge in [-0.15, -0.1) is 0 Å². The summed E-state index contributed by atoms with van der Waals surface area (Å²) in [6.45, 7) is 1.72. The van der Waals surface area contributed by atoms with Gasteiger partial charge in [0.05, 0.1) is 0 Å². The Hall–Kier alpha value is -1.03. The van der Waals surface area contributed by atoms with Gasteiger partial charge < -0.3 is 0 Å². The Labute approximate surface area is 89.2 Å². The molecule has 0 nitrogen and oxygen atoms in total. The molecule has 0 unspecified atom stereocenters. The Balaban J connectivity index is 3.25. The molecule has 1 aromatic carbocycles. The van der Waals surface area contributed by atoms with Gasteiger partial charge in [-0.25, -0.2) is 0 Å². The van der Waals surface area contributed by atoms with Gasteiger partial charge in [-0.1, -0.05) is 29.8 Å². The van der Waals surface area contributed by atoms with Crippen molar-refractivity contribution in [2.45, 2.75) is 12.3 Å². The second-order valence-electron chi connectivity index (χ2n) is 3.00. The lowest BCUT2D eigenvalue weighted by molar-refractivity contribution is 0.159. The highest BCUT2D eigenvalue weighted by Crippen LogP contribution is 2.39. The lowest BCUT2D eigenvalue weighted by Gasteiger charge is -2.12. The molecule has 0 aliphatic carbocycles. The van der Waals surface area contributed by atoms with E-state index in [1.165, 1.54) is 24.3 Å². The lowest BCUT2D eigenvalue weighted by Crippen LogP contribution is -2.10. The quantitative estimate of drug-likeness (QED) is 0.528. The maximum atomic E-state index is 12.7. The first-order chi connectivity index (χ1) is 6.82. The van der Waals surface area contributed by atoms with E-state index in [0.717, 1.165) is 5.56 Å². The van der Waals surface area contributed by atoms with Gasteiger partial charge in [-0.3, -0.25) is 0 Å². The van der Waals surface area contributed by atoms with E-state index in [-0.39, 0.29) is 5.56 Å². The number of rotatable bonds is 2. The molecule has 5 heteroatoms. The molecule has 0 spiro atoms. The Morgan fingerprint density at radius 3 is 1.93 bits per heavy atom. The van der Waals surface area contributed by atoms with Crippen LogP contribution in [0, 0.1) is 6.92 Å². The molecule has 0 saturated heterocycles. The molecular weight excluding hydrogens is 232 g/mol. The SMILES string of the molecule is Cc1ccc(C(=C(F)F)C(F)(F)Cl)cc1. The van der Waals surface area contributed by atoms with Crippen molar-refractivity contribution in [3.8, 4) is 0 Å². The number of alkyl halides is 3. The minimum absolute atomic E-state index is 0.277. The van der Waals surface area contributed by atoms with Crippen LogP contribution in [-0.4, -0.2) is 5.38 Å². The molecule has 0 amide bonds. The number of halogens is 5. The Morgan fingerprint density at radius 2 is 1.60 bits per heavy atom. The van der Waals surface area contributed by atoms with E-state index in [1.807, 2.05) is 0 Å². The van der Waals surface area contributed by atoms with Crippen LogP contribution in [0.4, 0.5) is 17.6 Å². The maximum Gasteiger partial charge on any atom is 0.354 e. The van der Waals surface area contributed by atoms with E-state index in [9.17, 15) is 17.6 Å². The summed E-state index contributed by atoms with van der Waals surface area (Å²) in [6.07, 6.45) is -2.47. The number of benzene rings is 1.